The highest BCUT2D eigenvalue weighted by Gasteiger charge is 2.08. The number of nitrogens with one attached hydrogen (secondary N) is 3. The fourth-order valence-corrected chi connectivity index (χ4v) is 2.29. The molecule has 2 aromatic rings. The number of amides is 2. The topological polar surface area (TPSA) is 91.1 Å². The molecular formula is C14H17N3O3S. The third-order valence-electron chi connectivity index (χ3n) is 2.96. The van der Waals surface area contributed by atoms with Gasteiger partial charge in [-0.2, -0.15) is 0 Å². The lowest BCUT2D eigenvalue weighted by molar-refractivity contribution is 0.252. The van der Waals surface area contributed by atoms with E-state index in [4.69, 9.17) is 0 Å². The summed E-state index contributed by atoms with van der Waals surface area (Å²) in [4.78, 5) is 26.9. The van der Waals surface area contributed by atoms with Gasteiger partial charge >= 0.3 is 6.03 Å². The van der Waals surface area contributed by atoms with Crippen LogP contribution in [-0.2, 0) is 10.8 Å². The molecule has 2 rings (SSSR count). The van der Waals surface area contributed by atoms with Crippen LogP contribution in [0.2, 0.25) is 0 Å². The normalized spacial score (nSPS) is 12.1. The highest BCUT2D eigenvalue weighted by molar-refractivity contribution is 7.84. The molecule has 0 fully saturated rings. The van der Waals surface area contributed by atoms with Crippen LogP contribution in [0.15, 0.2) is 29.2 Å². The van der Waals surface area contributed by atoms with E-state index in [0.29, 0.717) is 17.7 Å². The van der Waals surface area contributed by atoms with Crippen LogP contribution in [0.4, 0.5) is 10.5 Å². The van der Waals surface area contributed by atoms with Gasteiger partial charge in [0.15, 0.2) is 0 Å². The molecule has 6 nitrogen and oxygen atoms in total. The molecule has 1 heterocycles. The van der Waals surface area contributed by atoms with E-state index in [9.17, 15) is 13.8 Å². The first kappa shape index (κ1) is 15.2. The first-order valence-electron chi connectivity index (χ1n) is 6.44. The van der Waals surface area contributed by atoms with Crippen LogP contribution in [0, 0.1) is 6.92 Å². The second-order valence-corrected chi connectivity index (χ2v) is 6.29. The number of carbonyl (C=O) groups excluding carboxylic acids is 1. The Kier molecular flexibility index (Phi) is 4.74. The maximum absolute atomic E-state index is 12.3. The molecule has 0 saturated heterocycles. The summed E-state index contributed by atoms with van der Waals surface area (Å²) in [5.41, 5.74) is 1.64. The van der Waals surface area contributed by atoms with Gasteiger partial charge in [-0.15, -0.1) is 0 Å². The van der Waals surface area contributed by atoms with Gasteiger partial charge < -0.3 is 15.6 Å². The van der Waals surface area contributed by atoms with Gasteiger partial charge in [-0.05, 0) is 19.1 Å². The maximum atomic E-state index is 12.3. The lowest BCUT2D eigenvalue weighted by atomic mass is 10.1. The molecule has 1 atom stereocenters. The van der Waals surface area contributed by atoms with Gasteiger partial charge in [-0.25, -0.2) is 4.79 Å². The third-order valence-corrected chi connectivity index (χ3v) is 3.74. The molecular weight excluding hydrogens is 290 g/mol. The monoisotopic (exact) mass is 307 g/mol. The second-order valence-electron chi connectivity index (χ2n) is 4.74. The number of anilines is 1. The number of benzene rings is 1. The number of aromatic nitrogens is 1. The number of rotatable bonds is 4. The number of fused-ring (bicyclic) bond motifs is 1. The molecule has 0 aliphatic heterocycles. The first-order chi connectivity index (χ1) is 9.97. The van der Waals surface area contributed by atoms with E-state index in [-0.39, 0.29) is 11.1 Å². The summed E-state index contributed by atoms with van der Waals surface area (Å²) in [5, 5.41) is 5.59. The SMILES string of the molecule is Cc1ccc2[nH]cc(NC(=O)NCC[S@@](C)=O)c(=O)c2c1. The number of H-pyrrole nitrogens is 1. The minimum absolute atomic E-state index is 0.184. The van der Waals surface area contributed by atoms with Crippen molar-refractivity contribution in [1.29, 1.82) is 0 Å². The zero-order valence-corrected chi connectivity index (χ0v) is 12.7. The molecule has 0 radical (unpaired) electrons. The zero-order chi connectivity index (χ0) is 15.4. The largest absolute Gasteiger partial charge is 0.359 e. The van der Waals surface area contributed by atoms with Gasteiger partial charge in [-0.3, -0.25) is 9.00 Å². The molecule has 112 valence electrons. The average molecular weight is 307 g/mol. The van der Waals surface area contributed by atoms with Crippen LogP contribution >= 0.6 is 0 Å². The van der Waals surface area contributed by atoms with Crippen molar-refractivity contribution in [1.82, 2.24) is 10.3 Å². The van der Waals surface area contributed by atoms with Crippen molar-refractivity contribution in [3.8, 4) is 0 Å². The average Bonchev–Trinajstić information content (AvgIpc) is 2.42. The molecule has 0 aliphatic carbocycles. The minimum atomic E-state index is -0.964. The molecule has 7 heteroatoms. The van der Waals surface area contributed by atoms with Gasteiger partial charge in [0, 0.05) is 46.5 Å². The van der Waals surface area contributed by atoms with Crippen LogP contribution in [-0.4, -0.2) is 33.8 Å². The minimum Gasteiger partial charge on any atom is -0.359 e. The van der Waals surface area contributed by atoms with Gasteiger partial charge in [0.2, 0.25) is 5.43 Å². The van der Waals surface area contributed by atoms with Gasteiger partial charge in [0.05, 0.1) is 0 Å². The molecule has 0 bridgehead atoms. The molecule has 3 N–H and O–H groups in total. The van der Waals surface area contributed by atoms with Crippen molar-refractivity contribution < 1.29 is 9.00 Å². The molecule has 21 heavy (non-hydrogen) atoms. The van der Waals surface area contributed by atoms with E-state index < -0.39 is 16.8 Å². The van der Waals surface area contributed by atoms with Crippen LogP contribution in [0.25, 0.3) is 10.9 Å². The maximum Gasteiger partial charge on any atom is 0.319 e. The zero-order valence-electron chi connectivity index (χ0n) is 11.9. The number of hydrogen-bond donors (Lipinski definition) is 3. The Morgan fingerprint density at radius 1 is 1.38 bits per heavy atom. The Morgan fingerprint density at radius 3 is 2.86 bits per heavy atom. The molecule has 0 saturated carbocycles. The Balaban J connectivity index is 2.15. The predicted octanol–water partition coefficient (Wildman–Crippen LogP) is 1.34. The summed E-state index contributed by atoms with van der Waals surface area (Å²) in [6.07, 6.45) is 3.04. The van der Waals surface area contributed by atoms with Crippen LogP contribution < -0.4 is 16.1 Å². The van der Waals surface area contributed by atoms with Crippen molar-refractivity contribution in [2.75, 3.05) is 23.9 Å². The number of urea groups is 1. The van der Waals surface area contributed by atoms with Crippen molar-refractivity contribution in [3.63, 3.8) is 0 Å². The number of aromatic amines is 1. The summed E-state index contributed by atoms with van der Waals surface area (Å²) in [6, 6.07) is 5.02. The molecule has 0 aliphatic rings. The Labute approximate surface area is 124 Å². The summed E-state index contributed by atoms with van der Waals surface area (Å²) in [7, 11) is -0.964. The molecule has 1 aromatic carbocycles. The van der Waals surface area contributed by atoms with Gasteiger partial charge in [0.1, 0.15) is 5.69 Å². The highest BCUT2D eigenvalue weighted by atomic mass is 32.2. The lowest BCUT2D eigenvalue weighted by Gasteiger charge is -2.07. The fraction of sp³-hybridized carbons (Fsp3) is 0.286. The van der Waals surface area contributed by atoms with Crippen molar-refractivity contribution in [2.45, 2.75) is 6.92 Å². The fourth-order valence-electron chi connectivity index (χ4n) is 1.90. The quantitative estimate of drug-likeness (QED) is 0.796. The van der Waals surface area contributed by atoms with Crippen molar-refractivity contribution in [2.24, 2.45) is 0 Å². The molecule has 1 aromatic heterocycles. The van der Waals surface area contributed by atoms with Crippen LogP contribution in [0.5, 0.6) is 0 Å². The number of pyridine rings is 1. The van der Waals surface area contributed by atoms with Gasteiger partial charge in [0.25, 0.3) is 0 Å². The first-order valence-corrected chi connectivity index (χ1v) is 8.17. The van der Waals surface area contributed by atoms with E-state index in [1.165, 1.54) is 6.20 Å². The number of carbonyl (C=O) groups is 1. The summed E-state index contributed by atoms with van der Waals surface area (Å²) < 4.78 is 10.9. The summed E-state index contributed by atoms with van der Waals surface area (Å²) in [6.45, 7) is 2.19. The second kappa shape index (κ2) is 6.53. The summed E-state index contributed by atoms with van der Waals surface area (Å²) >= 11 is 0. The van der Waals surface area contributed by atoms with E-state index in [1.807, 2.05) is 19.1 Å². The van der Waals surface area contributed by atoms with E-state index >= 15 is 0 Å². The Morgan fingerprint density at radius 2 is 2.14 bits per heavy atom. The number of hydrogen-bond acceptors (Lipinski definition) is 3. The van der Waals surface area contributed by atoms with Crippen LogP contribution in [0.1, 0.15) is 5.56 Å². The van der Waals surface area contributed by atoms with Crippen molar-refractivity contribution >= 4 is 33.4 Å². The number of aryl methyl sites for hydroxylation is 1. The molecule has 0 spiro atoms. The third kappa shape index (κ3) is 3.91. The Bertz CT molecular complexity index is 755. The lowest BCUT2D eigenvalue weighted by Crippen LogP contribution is -2.33. The molecule has 2 amide bonds. The highest BCUT2D eigenvalue weighted by Crippen LogP contribution is 2.12. The van der Waals surface area contributed by atoms with E-state index in [1.54, 1.807) is 12.3 Å². The molecule has 0 unspecified atom stereocenters. The smallest absolute Gasteiger partial charge is 0.319 e. The summed E-state index contributed by atoms with van der Waals surface area (Å²) in [5.74, 6) is 0.376. The van der Waals surface area contributed by atoms with Gasteiger partial charge in [-0.1, -0.05) is 11.6 Å². The van der Waals surface area contributed by atoms with Crippen LogP contribution in [0.3, 0.4) is 0 Å². The Hall–Kier alpha value is -2.15. The van der Waals surface area contributed by atoms with E-state index in [2.05, 4.69) is 15.6 Å². The van der Waals surface area contributed by atoms with E-state index in [0.717, 1.165) is 11.1 Å². The standard InChI is InChI=1S/C14H17N3O3S/c1-9-3-4-11-10(7-9)13(18)12(8-16-11)17-14(19)15-5-6-21(2)20/h3-4,7-8H,5-6H2,1-2H3,(H,16,18)(H2,15,17,19)/t21-/m1/s1. The van der Waals surface area contributed by atoms with Crippen molar-refractivity contribution in [3.05, 3.63) is 40.2 Å². The predicted molar refractivity (Wildman–Crippen MR) is 85.3 cm³/mol.